The number of anilines is 4. The minimum absolute atomic E-state index is 0.0740. The third-order valence-corrected chi connectivity index (χ3v) is 23.8. The van der Waals surface area contributed by atoms with Crippen LogP contribution in [-0.2, 0) is 58.3 Å². The molecule has 0 unspecified atom stereocenters. The molecular weight excluding hydrogens is 1240 g/mol. The first-order chi connectivity index (χ1) is 45.1. The highest BCUT2D eigenvalue weighted by Crippen LogP contribution is 2.49. The van der Waals surface area contributed by atoms with Crippen LogP contribution in [-0.4, -0.2) is 161 Å². The number of hydrogen-bond donors (Lipinski definition) is 6. The maximum atomic E-state index is 13.9. The number of benzene rings is 2. The minimum Gasteiger partial charge on any atom is -0.446 e. The van der Waals surface area contributed by atoms with Gasteiger partial charge < -0.3 is 39.7 Å². The first kappa shape index (κ1) is 69.4. The molecule has 8 amide bonds. The maximum absolute atomic E-state index is 13.9. The van der Waals surface area contributed by atoms with Gasteiger partial charge in [-0.25, -0.2) is 26.4 Å². The number of nitrogens with zero attached hydrogens (tertiary/aromatic N) is 4. The third-order valence-electron chi connectivity index (χ3n) is 20.2. The molecule has 512 valence electrons. The molecule has 9 aliphatic rings. The van der Waals surface area contributed by atoms with Crippen molar-refractivity contribution in [3.63, 3.8) is 0 Å². The number of ether oxygens (including phenoxy) is 2. The number of rotatable bonds is 21. The summed E-state index contributed by atoms with van der Waals surface area (Å²) >= 11 is 0. The second-order valence-corrected chi connectivity index (χ2v) is 31.1. The van der Waals surface area contributed by atoms with E-state index in [9.17, 15) is 55.2 Å². The zero-order valence-electron chi connectivity index (χ0n) is 54.2. The Morgan fingerprint density at radius 1 is 0.670 bits per heavy atom. The van der Waals surface area contributed by atoms with Gasteiger partial charge >= 0.3 is 12.2 Å². The average molecular weight is 1340 g/mol. The smallest absolute Gasteiger partial charge is 0.411 e. The first-order valence-electron chi connectivity index (χ1n) is 33.9. The standard InChI is InChI=1S/C35H49N5O7S.C33H45N5O7S/c1-4-6-7-11-18-39(3)32(42)28-22-25(47-34(44)36-29-14-9-10-15-30(29)40-19-12-8-13-20-40)21-27(28)31(41)37-35(23-24(35)5-2)33(43)38-48(45,46)26-16-17-26;1-37-16-8-3-2-5-11-22-21-33(22,31(41)36-46(43,44)24-14-15-24)35-29(39)25-19-23(20-26(25)30(37)40)45-32(42)34-27-12-6-7-13-28(27)38-17-9-4-10-18-38/h4-5,9-10,14-15,24-28H,1-2,6-8,11-13,16-23H2,3H3,(H,36,44)(H,37,41)(H,38,43);5-7,11-13,22-26H,2-4,8-10,14-21H2,1H3,(H,34,42)(H,35,39)(H,36,41)/b;11-5-/t24-,25-,27-,28-,35-;22-,23-,25-,26-,33-/m11/s1. The Morgan fingerprint density at radius 3 is 1.76 bits per heavy atom. The maximum Gasteiger partial charge on any atom is 0.411 e. The van der Waals surface area contributed by atoms with Gasteiger partial charge in [0.2, 0.25) is 43.7 Å². The topological polar surface area (TPSA) is 308 Å². The predicted octanol–water partition coefficient (Wildman–Crippen LogP) is 7.41. The largest absolute Gasteiger partial charge is 0.446 e. The van der Waals surface area contributed by atoms with Gasteiger partial charge in [-0.05, 0) is 166 Å². The van der Waals surface area contributed by atoms with Crippen molar-refractivity contribution in [1.82, 2.24) is 29.9 Å². The first-order valence-corrected chi connectivity index (χ1v) is 36.9. The second-order valence-electron chi connectivity index (χ2n) is 27.2. The van der Waals surface area contributed by atoms with E-state index in [0.29, 0.717) is 50.1 Å². The van der Waals surface area contributed by atoms with Crippen LogP contribution >= 0.6 is 0 Å². The second kappa shape index (κ2) is 30.1. The van der Waals surface area contributed by atoms with Crippen molar-refractivity contribution >= 4 is 90.4 Å². The Kier molecular flexibility index (Phi) is 22.2. The van der Waals surface area contributed by atoms with Crippen LogP contribution in [0.4, 0.5) is 32.3 Å². The number of hydrogen-bond acceptors (Lipinski definition) is 16. The van der Waals surface area contributed by atoms with E-state index in [0.717, 1.165) is 102 Å². The molecule has 3 heterocycles. The van der Waals surface area contributed by atoms with Crippen molar-refractivity contribution in [2.75, 3.05) is 73.8 Å². The summed E-state index contributed by atoms with van der Waals surface area (Å²) in [6.07, 6.45) is 18.8. The minimum atomic E-state index is -3.84. The monoisotopic (exact) mass is 1340 g/mol. The van der Waals surface area contributed by atoms with Gasteiger partial charge in [0.25, 0.3) is 11.8 Å². The Labute approximate surface area is 552 Å². The molecule has 6 aliphatic carbocycles. The zero-order valence-corrected chi connectivity index (χ0v) is 55.9. The molecule has 2 aromatic rings. The number of carbonyl (C=O) groups excluding carboxylic acids is 8. The molecular formula is C68H94N10O14S2. The molecule has 94 heavy (non-hydrogen) atoms. The van der Waals surface area contributed by atoms with Gasteiger partial charge in [-0.1, -0.05) is 48.6 Å². The lowest BCUT2D eigenvalue weighted by Gasteiger charge is -2.30. The van der Waals surface area contributed by atoms with Gasteiger partial charge in [-0.2, -0.15) is 0 Å². The van der Waals surface area contributed by atoms with Crippen molar-refractivity contribution < 1.29 is 64.7 Å². The van der Waals surface area contributed by atoms with Crippen LogP contribution in [0.25, 0.3) is 0 Å². The van der Waals surface area contributed by atoms with E-state index in [2.05, 4.69) is 53.7 Å². The summed E-state index contributed by atoms with van der Waals surface area (Å²) in [7, 11) is -4.26. The number of allylic oxidation sites excluding steroid dienone is 2. The van der Waals surface area contributed by atoms with Crippen LogP contribution in [0.3, 0.4) is 0 Å². The van der Waals surface area contributed by atoms with Crippen LogP contribution in [0.1, 0.15) is 141 Å². The summed E-state index contributed by atoms with van der Waals surface area (Å²) in [4.78, 5) is 116. The molecule has 24 nitrogen and oxygen atoms in total. The number of unbranched alkanes of at least 4 members (excludes halogenated alkanes) is 2. The molecule has 0 spiro atoms. The molecule has 10 atom stereocenters. The van der Waals surface area contributed by atoms with Crippen molar-refractivity contribution in [2.45, 2.75) is 175 Å². The Balaban J connectivity index is 0.000000205. The molecule has 8 fully saturated rings. The summed E-state index contributed by atoms with van der Waals surface area (Å²) in [5.41, 5.74) is 0.226. The molecule has 6 N–H and O–H groups in total. The quantitative estimate of drug-likeness (QED) is 0.0524. The van der Waals surface area contributed by atoms with Crippen molar-refractivity contribution in [2.24, 2.45) is 35.5 Å². The molecule has 6 saturated carbocycles. The summed E-state index contributed by atoms with van der Waals surface area (Å²) in [6, 6.07) is 15.1. The average Bonchev–Trinajstić information content (AvgIpc) is 1.58. The lowest BCUT2D eigenvalue weighted by Crippen LogP contribution is -2.54. The third kappa shape index (κ3) is 16.8. The Hall–Kier alpha value is -7.48. The highest BCUT2D eigenvalue weighted by Gasteiger charge is 2.64. The number of nitrogens with one attached hydrogen (secondary N) is 6. The van der Waals surface area contributed by atoms with Crippen molar-refractivity contribution in [1.29, 1.82) is 0 Å². The van der Waals surface area contributed by atoms with Crippen LogP contribution in [0, 0.1) is 35.5 Å². The van der Waals surface area contributed by atoms with Gasteiger partial charge in [0, 0.05) is 65.2 Å². The number of carbonyl (C=O) groups is 8. The number of para-hydroxylation sites is 4. The van der Waals surface area contributed by atoms with Crippen molar-refractivity contribution in [3.8, 4) is 0 Å². The lowest BCUT2D eigenvalue weighted by atomic mass is 9.93. The van der Waals surface area contributed by atoms with Crippen LogP contribution in [0.2, 0.25) is 0 Å². The number of amides is 8. The van der Waals surface area contributed by atoms with E-state index in [-0.39, 0.29) is 56.3 Å². The molecule has 2 aromatic carbocycles. The molecule has 11 rings (SSSR count). The predicted molar refractivity (Wildman–Crippen MR) is 356 cm³/mol. The fourth-order valence-electron chi connectivity index (χ4n) is 14.2. The van der Waals surface area contributed by atoms with Crippen molar-refractivity contribution in [3.05, 3.63) is 86.0 Å². The highest BCUT2D eigenvalue weighted by molar-refractivity contribution is 7.91. The van der Waals surface area contributed by atoms with E-state index in [4.69, 9.17) is 9.47 Å². The Bertz CT molecular complexity index is 3440. The normalized spacial score (nSPS) is 28.8. The van der Waals surface area contributed by atoms with Crippen LogP contribution < -0.4 is 40.5 Å². The zero-order chi connectivity index (χ0) is 67.0. The highest BCUT2D eigenvalue weighted by atomic mass is 32.2. The molecule has 0 radical (unpaired) electrons. The van der Waals surface area contributed by atoms with E-state index < -0.39 is 119 Å². The number of fused-ring (bicyclic) bond motifs is 2. The van der Waals surface area contributed by atoms with E-state index in [1.54, 1.807) is 23.9 Å². The molecule has 0 bridgehead atoms. The van der Waals surface area contributed by atoms with Crippen LogP contribution in [0.15, 0.2) is 86.0 Å². The van der Waals surface area contributed by atoms with Gasteiger partial charge in [-0.3, -0.25) is 48.8 Å². The van der Waals surface area contributed by atoms with Gasteiger partial charge in [-0.15, -0.1) is 13.2 Å². The SMILES string of the molecule is C=CCCCCN(C)C(=O)[C@@H]1C[C@H](OC(=O)Nc2ccccc2N2CCCCC2)C[C@H]1C(=O)N[C@]1(C(=O)NS(=O)(=O)C2CC2)C[C@H]1C=C.CN1CCCC/C=C\[C@@H]2C[C@@]2(C(=O)NS(=O)(=O)C2CC2)NC(=O)[C@@H]2C[C@@H](OC(=O)Nc3ccccc3N3CCCCC3)C[C@H]2C1=O. The van der Waals surface area contributed by atoms with E-state index >= 15 is 0 Å². The summed E-state index contributed by atoms with van der Waals surface area (Å²) < 4.78 is 66.4. The number of sulfonamides is 2. The Morgan fingerprint density at radius 2 is 1.20 bits per heavy atom. The van der Waals surface area contributed by atoms with E-state index in [1.807, 2.05) is 66.8 Å². The van der Waals surface area contributed by atoms with E-state index in [1.165, 1.54) is 18.9 Å². The van der Waals surface area contributed by atoms with Gasteiger partial charge in [0.15, 0.2) is 0 Å². The molecule has 26 heteroatoms. The summed E-state index contributed by atoms with van der Waals surface area (Å²) in [5, 5.41) is 10.2. The molecule has 0 aromatic heterocycles. The fourth-order valence-corrected chi connectivity index (χ4v) is 16.9. The lowest BCUT2D eigenvalue weighted by molar-refractivity contribution is -0.141. The summed E-state index contributed by atoms with van der Waals surface area (Å²) in [5.74, 6) is -7.20. The van der Waals surface area contributed by atoms with Gasteiger partial charge in [0.05, 0.1) is 56.9 Å². The molecule has 3 aliphatic heterocycles. The van der Waals surface area contributed by atoms with Crippen LogP contribution in [0.5, 0.6) is 0 Å². The molecule has 2 saturated heterocycles. The number of piperidine rings is 2. The van der Waals surface area contributed by atoms with Gasteiger partial charge in [0.1, 0.15) is 23.3 Å². The summed E-state index contributed by atoms with van der Waals surface area (Å²) in [6.45, 7) is 12.1. The fraction of sp³-hybridized carbons (Fsp3) is 0.618.